The predicted molar refractivity (Wildman–Crippen MR) is 55.2 cm³/mol. The summed E-state index contributed by atoms with van der Waals surface area (Å²) in [6.07, 6.45) is 0.860. The van der Waals surface area contributed by atoms with Crippen LogP contribution in [0.25, 0.3) is 0 Å². The molecule has 0 aromatic heterocycles. The molecule has 0 bridgehead atoms. The molecule has 0 aliphatic carbocycles. The van der Waals surface area contributed by atoms with Gasteiger partial charge in [-0.25, -0.2) is 0 Å². The van der Waals surface area contributed by atoms with E-state index >= 15 is 0 Å². The normalized spacial score (nSPS) is 12.4. The van der Waals surface area contributed by atoms with Gasteiger partial charge in [-0.05, 0) is 25.5 Å². The van der Waals surface area contributed by atoms with Gasteiger partial charge < -0.3 is 10.4 Å². The minimum Gasteiger partial charge on any atom is -0.480 e. The molecule has 3 heteroatoms. The average molecular weight is 193 g/mol. The summed E-state index contributed by atoms with van der Waals surface area (Å²) in [5, 5.41) is 11.5. The van der Waals surface area contributed by atoms with E-state index < -0.39 is 12.0 Å². The van der Waals surface area contributed by atoms with Crippen LogP contribution in [0.2, 0.25) is 0 Å². The van der Waals surface area contributed by atoms with Gasteiger partial charge in [-0.15, -0.1) is 0 Å². The summed E-state index contributed by atoms with van der Waals surface area (Å²) >= 11 is 0. The summed E-state index contributed by atoms with van der Waals surface area (Å²) < 4.78 is 0. The number of nitrogens with one attached hydrogen (secondary N) is 1. The van der Waals surface area contributed by atoms with E-state index in [0.717, 1.165) is 6.42 Å². The average Bonchev–Trinajstić information content (AvgIpc) is 2.19. The van der Waals surface area contributed by atoms with Crippen LogP contribution in [0.5, 0.6) is 0 Å². The Morgan fingerprint density at radius 1 is 1.43 bits per heavy atom. The Morgan fingerprint density at radius 3 is 2.64 bits per heavy atom. The third-order valence-corrected chi connectivity index (χ3v) is 2.08. The number of carbonyl (C=O) groups is 1. The molecule has 14 heavy (non-hydrogen) atoms. The zero-order chi connectivity index (χ0) is 10.4. The highest BCUT2D eigenvalue weighted by Crippen LogP contribution is 1.98. The standard InChI is InChI=1S/C11H15NO2/c1-9(11(13)14)12-8-7-10-5-3-2-4-6-10/h2-6,9,12H,7-8H2,1H3,(H,13,14)/t9-/m1/s1. The van der Waals surface area contributed by atoms with Crippen LogP contribution >= 0.6 is 0 Å². The molecule has 0 amide bonds. The zero-order valence-electron chi connectivity index (χ0n) is 8.23. The monoisotopic (exact) mass is 193 g/mol. The lowest BCUT2D eigenvalue weighted by molar-refractivity contribution is -0.138. The number of carboxylic acids is 1. The lowest BCUT2D eigenvalue weighted by atomic mass is 10.1. The number of carboxylic acid groups (broad SMARTS) is 1. The molecule has 1 atom stereocenters. The number of benzene rings is 1. The van der Waals surface area contributed by atoms with Gasteiger partial charge in [-0.3, -0.25) is 4.79 Å². The molecule has 0 unspecified atom stereocenters. The van der Waals surface area contributed by atoms with Crippen LogP contribution in [0.1, 0.15) is 12.5 Å². The molecule has 1 aromatic rings. The second-order valence-electron chi connectivity index (χ2n) is 3.25. The van der Waals surface area contributed by atoms with Gasteiger partial charge in [0.2, 0.25) is 0 Å². The van der Waals surface area contributed by atoms with Crippen molar-refractivity contribution >= 4 is 5.97 Å². The number of aliphatic carboxylic acids is 1. The van der Waals surface area contributed by atoms with Gasteiger partial charge in [0.1, 0.15) is 6.04 Å². The van der Waals surface area contributed by atoms with Crippen molar-refractivity contribution in [1.29, 1.82) is 0 Å². The maximum absolute atomic E-state index is 10.5. The van der Waals surface area contributed by atoms with Crippen molar-refractivity contribution in [3.63, 3.8) is 0 Å². The lowest BCUT2D eigenvalue weighted by Crippen LogP contribution is -2.34. The zero-order valence-corrected chi connectivity index (χ0v) is 8.23. The summed E-state index contributed by atoms with van der Waals surface area (Å²) in [4.78, 5) is 10.5. The summed E-state index contributed by atoms with van der Waals surface area (Å²) in [6, 6.07) is 9.53. The highest BCUT2D eigenvalue weighted by atomic mass is 16.4. The van der Waals surface area contributed by atoms with E-state index in [-0.39, 0.29) is 0 Å². The van der Waals surface area contributed by atoms with Crippen LogP contribution in [0, 0.1) is 0 Å². The first kappa shape index (κ1) is 10.7. The van der Waals surface area contributed by atoms with Crippen LogP contribution in [-0.2, 0) is 11.2 Å². The largest absolute Gasteiger partial charge is 0.480 e. The number of rotatable bonds is 5. The van der Waals surface area contributed by atoms with Crippen LogP contribution in [0.4, 0.5) is 0 Å². The summed E-state index contributed by atoms with van der Waals surface area (Å²) in [7, 11) is 0. The molecule has 1 aromatic carbocycles. The second-order valence-corrected chi connectivity index (χ2v) is 3.25. The third-order valence-electron chi connectivity index (χ3n) is 2.08. The van der Waals surface area contributed by atoms with E-state index in [1.165, 1.54) is 5.56 Å². The van der Waals surface area contributed by atoms with Crippen molar-refractivity contribution in [3.8, 4) is 0 Å². The summed E-state index contributed by atoms with van der Waals surface area (Å²) in [5.74, 6) is -0.807. The SMILES string of the molecule is C[C@@H](NCCc1ccccc1)C(=O)O. The first-order valence-electron chi connectivity index (χ1n) is 4.70. The van der Waals surface area contributed by atoms with Crippen molar-refractivity contribution in [2.24, 2.45) is 0 Å². The molecule has 0 spiro atoms. The molecular weight excluding hydrogens is 178 g/mol. The Labute approximate surface area is 83.8 Å². The molecule has 0 saturated heterocycles. The molecule has 0 aliphatic rings. The fourth-order valence-corrected chi connectivity index (χ4v) is 1.17. The Balaban J connectivity index is 2.26. The fourth-order valence-electron chi connectivity index (χ4n) is 1.17. The van der Waals surface area contributed by atoms with Gasteiger partial charge >= 0.3 is 5.97 Å². The Hall–Kier alpha value is -1.35. The molecule has 76 valence electrons. The van der Waals surface area contributed by atoms with Gasteiger partial charge in [0.25, 0.3) is 0 Å². The molecule has 0 radical (unpaired) electrons. The van der Waals surface area contributed by atoms with E-state index in [4.69, 9.17) is 5.11 Å². The molecule has 2 N–H and O–H groups in total. The molecule has 0 fully saturated rings. The first-order valence-corrected chi connectivity index (χ1v) is 4.70. The third kappa shape index (κ3) is 3.58. The minimum atomic E-state index is -0.807. The van der Waals surface area contributed by atoms with Crippen LogP contribution in [-0.4, -0.2) is 23.7 Å². The van der Waals surface area contributed by atoms with Crippen molar-refractivity contribution in [3.05, 3.63) is 35.9 Å². The van der Waals surface area contributed by atoms with Gasteiger partial charge in [0.05, 0.1) is 0 Å². The number of hydrogen-bond donors (Lipinski definition) is 2. The lowest BCUT2D eigenvalue weighted by Gasteiger charge is -2.08. The van der Waals surface area contributed by atoms with Gasteiger partial charge in [0, 0.05) is 0 Å². The number of hydrogen-bond acceptors (Lipinski definition) is 2. The molecular formula is C11H15NO2. The second kappa shape index (κ2) is 5.40. The molecule has 1 rings (SSSR count). The maximum atomic E-state index is 10.5. The molecule has 0 saturated carbocycles. The molecule has 3 nitrogen and oxygen atoms in total. The first-order chi connectivity index (χ1) is 6.70. The summed E-state index contributed by atoms with van der Waals surface area (Å²) in [6.45, 7) is 2.34. The topological polar surface area (TPSA) is 49.3 Å². The molecule has 0 aliphatic heterocycles. The van der Waals surface area contributed by atoms with Crippen molar-refractivity contribution in [2.45, 2.75) is 19.4 Å². The Morgan fingerprint density at radius 2 is 2.07 bits per heavy atom. The Bertz CT molecular complexity index is 285. The van der Waals surface area contributed by atoms with E-state index in [1.54, 1.807) is 6.92 Å². The van der Waals surface area contributed by atoms with Crippen LogP contribution < -0.4 is 5.32 Å². The highest BCUT2D eigenvalue weighted by Gasteiger charge is 2.08. The van der Waals surface area contributed by atoms with E-state index in [9.17, 15) is 4.79 Å². The fraction of sp³-hybridized carbons (Fsp3) is 0.364. The van der Waals surface area contributed by atoms with Gasteiger partial charge in [0.15, 0.2) is 0 Å². The predicted octanol–water partition coefficient (Wildman–Crippen LogP) is 1.29. The van der Waals surface area contributed by atoms with Crippen LogP contribution in [0.15, 0.2) is 30.3 Å². The molecule has 0 heterocycles. The maximum Gasteiger partial charge on any atom is 0.320 e. The van der Waals surface area contributed by atoms with Crippen molar-refractivity contribution in [2.75, 3.05) is 6.54 Å². The highest BCUT2D eigenvalue weighted by molar-refractivity contribution is 5.72. The van der Waals surface area contributed by atoms with Crippen molar-refractivity contribution in [1.82, 2.24) is 5.32 Å². The van der Waals surface area contributed by atoms with E-state index in [1.807, 2.05) is 30.3 Å². The van der Waals surface area contributed by atoms with Gasteiger partial charge in [-0.2, -0.15) is 0 Å². The quantitative estimate of drug-likeness (QED) is 0.741. The van der Waals surface area contributed by atoms with Crippen molar-refractivity contribution < 1.29 is 9.90 Å². The van der Waals surface area contributed by atoms with E-state index in [2.05, 4.69) is 5.32 Å². The summed E-state index contributed by atoms with van der Waals surface area (Å²) in [5.41, 5.74) is 1.22. The minimum absolute atomic E-state index is 0.473. The Kier molecular flexibility index (Phi) is 4.13. The smallest absolute Gasteiger partial charge is 0.320 e. The van der Waals surface area contributed by atoms with Crippen LogP contribution in [0.3, 0.4) is 0 Å². The van der Waals surface area contributed by atoms with Gasteiger partial charge in [-0.1, -0.05) is 30.3 Å². The van der Waals surface area contributed by atoms with E-state index in [0.29, 0.717) is 6.54 Å².